The van der Waals surface area contributed by atoms with E-state index in [1.54, 1.807) is 6.07 Å². The number of halogens is 2. The van der Waals surface area contributed by atoms with Crippen molar-refractivity contribution in [3.05, 3.63) is 34.6 Å². The summed E-state index contributed by atoms with van der Waals surface area (Å²) in [5.41, 5.74) is 6.65. The summed E-state index contributed by atoms with van der Waals surface area (Å²) in [5.74, 6) is -0.395. The van der Waals surface area contributed by atoms with E-state index >= 15 is 0 Å². The molecule has 0 amide bonds. The summed E-state index contributed by atoms with van der Waals surface area (Å²) in [6.07, 6.45) is 0. The first kappa shape index (κ1) is 15.4. The highest BCUT2D eigenvalue weighted by Crippen LogP contribution is 2.23. The molecule has 1 aromatic rings. The van der Waals surface area contributed by atoms with Gasteiger partial charge >= 0.3 is 0 Å². The van der Waals surface area contributed by atoms with Crippen LogP contribution in [0.15, 0.2) is 18.2 Å². The minimum atomic E-state index is -0.395. The van der Waals surface area contributed by atoms with Gasteiger partial charge in [-0.3, -0.25) is 4.90 Å². The van der Waals surface area contributed by atoms with Gasteiger partial charge in [-0.2, -0.15) is 0 Å². The number of hydrogen-bond donors (Lipinski definition) is 1. The van der Waals surface area contributed by atoms with E-state index in [1.807, 2.05) is 27.2 Å². The molecule has 0 saturated carbocycles. The standard InChI is InChI=1S/C13H21ClFN3/c1-17(2)6-7-18(3)13(9-16)10-4-5-11(14)12(15)8-10/h4-5,8,13H,6-7,9,16H2,1-3H3. The second-order valence-electron chi connectivity index (χ2n) is 4.71. The number of benzene rings is 1. The Balaban J connectivity index is 2.78. The third-order valence-corrected chi connectivity index (χ3v) is 3.29. The third kappa shape index (κ3) is 4.21. The van der Waals surface area contributed by atoms with E-state index in [0.29, 0.717) is 6.54 Å². The van der Waals surface area contributed by atoms with Crippen molar-refractivity contribution in [2.24, 2.45) is 5.73 Å². The molecule has 0 radical (unpaired) electrons. The molecule has 18 heavy (non-hydrogen) atoms. The molecule has 0 aliphatic rings. The van der Waals surface area contributed by atoms with E-state index in [0.717, 1.165) is 18.7 Å². The van der Waals surface area contributed by atoms with Crippen LogP contribution in [-0.4, -0.2) is 50.6 Å². The summed E-state index contributed by atoms with van der Waals surface area (Å²) in [6, 6.07) is 4.88. The second-order valence-corrected chi connectivity index (χ2v) is 5.12. The molecule has 2 N–H and O–H groups in total. The van der Waals surface area contributed by atoms with Crippen molar-refractivity contribution >= 4 is 11.6 Å². The predicted octanol–water partition coefficient (Wildman–Crippen LogP) is 1.97. The lowest BCUT2D eigenvalue weighted by atomic mass is 10.1. The minimum absolute atomic E-state index is 0.0108. The lowest BCUT2D eigenvalue weighted by molar-refractivity contribution is 0.222. The Morgan fingerprint density at radius 2 is 1.94 bits per heavy atom. The van der Waals surface area contributed by atoms with Gasteiger partial charge in [-0.15, -0.1) is 0 Å². The Morgan fingerprint density at radius 1 is 1.28 bits per heavy atom. The van der Waals surface area contributed by atoms with Gasteiger partial charge in [0, 0.05) is 25.7 Å². The molecule has 0 spiro atoms. The Morgan fingerprint density at radius 3 is 2.44 bits per heavy atom. The fraction of sp³-hybridized carbons (Fsp3) is 0.538. The van der Waals surface area contributed by atoms with Crippen molar-refractivity contribution in [2.45, 2.75) is 6.04 Å². The largest absolute Gasteiger partial charge is 0.329 e. The van der Waals surface area contributed by atoms with E-state index in [1.165, 1.54) is 6.07 Å². The fourth-order valence-corrected chi connectivity index (χ4v) is 1.92. The topological polar surface area (TPSA) is 32.5 Å². The number of likely N-dealkylation sites (N-methyl/N-ethyl adjacent to an activating group) is 2. The van der Waals surface area contributed by atoms with E-state index in [-0.39, 0.29) is 11.1 Å². The Kier molecular flexibility index (Phi) is 6.02. The van der Waals surface area contributed by atoms with Crippen LogP contribution in [-0.2, 0) is 0 Å². The first-order valence-corrected chi connectivity index (χ1v) is 6.33. The Hall–Kier alpha value is -0.680. The van der Waals surface area contributed by atoms with Gasteiger partial charge in [-0.25, -0.2) is 4.39 Å². The Bertz CT molecular complexity index is 384. The average Bonchev–Trinajstić information content (AvgIpc) is 2.32. The maximum Gasteiger partial charge on any atom is 0.142 e. The molecule has 1 rings (SSSR count). The van der Waals surface area contributed by atoms with E-state index in [4.69, 9.17) is 17.3 Å². The van der Waals surface area contributed by atoms with Crippen molar-refractivity contribution in [1.82, 2.24) is 9.80 Å². The van der Waals surface area contributed by atoms with Gasteiger partial charge in [0.25, 0.3) is 0 Å². The summed E-state index contributed by atoms with van der Waals surface area (Å²) >= 11 is 5.68. The highest BCUT2D eigenvalue weighted by molar-refractivity contribution is 6.30. The number of nitrogens with zero attached hydrogens (tertiary/aromatic N) is 2. The summed E-state index contributed by atoms with van der Waals surface area (Å²) < 4.78 is 13.5. The fourth-order valence-electron chi connectivity index (χ4n) is 1.80. The molecule has 0 aliphatic carbocycles. The van der Waals surface area contributed by atoms with E-state index in [9.17, 15) is 4.39 Å². The maximum atomic E-state index is 13.5. The van der Waals surface area contributed by atoms with Gasteiger partial charge in [0.05, 0.1) is 5.02 Å². The Labute approximate surface area is 113 Å². The zero-order chi connectivity index (χ0) is 13.7. The molecule has 3 nitrogen and oxygen atoms in total. The molecule has 1 aromatic carbocycles. The predicted molar refractivity (Wildman–Crippen MR) is 74.4 cm³/mol. The lowest BCUT2D eigenvalue weighted by Crippen LogP contribution is -2.35. The molecule has 1 unspecified atom stereocenters. The highest BCUT2D eigenvalue weighted by atomic mass is 35.5. The number of nitrogens with two attached hydrogens (primary N) is 1. The molecule has 0 bridgehead atoms. The second kappa shape index (κ2) is 7.04. The first-order chi connectivity index (χ1) is 8.45. The molecule has 1 atom stereocenters. The summed E-state index contributed by atoms with van der Waals surface area (Å²) in [5, 5.41) is 0.144. The van der Waals surface area contributed by atoms with Crippen LogP contribution in [0.3, 0.4) is 0 Å². The molecule has 5 heteroatoms. The minimum Gasteiger partial charge on any atom is -0.329 e. The lowest BCUT2D eigenvalue weighted by Gasteiger charge is -2.28. The van der Waals surface area contributed by atoms with Crippen molar-refractivity contribution in [3.8, 4) is 0 Å². The van der Waals surface area contributed by atoms with Gasteiger partial charge in [0.1, 0.15) is 5.82 Å². The van der Waals surface area contributed by atoms with Crippen molar-refractivity contribution in [1.29, 1.82) is 0 Å². The van der Waals surface area contributed by atoms with E-state index in [2.05, 4.69) is 9.80 Å². The van der Waals surface area contributed by atoms with Gasteiger partial charge in [0.15, 0.2) is 0 Å². The molecular weight excluding hydrogens is 253 g/mol. The van der Waals surface area contributed by atoms with Crippen molar-refractivity contribution < 1.29 is 4.39 Å². The van der Waals surface area contributed by atoms with E-state index < -0.39 is 5.82 Å². The molecule has 0 heterocycles. The van der Waals surface area contributed by atoms with Gasteiger partial charge in [-0.1, -0.05) is 17.7 Å². The summed E-state index contributed by atoms with van der Waals surface area (Å²) in [7, 11) is 6.04. The smallest absolute Gasteiger partial charge is 0.142 e. The summed E-state index contributed by atoms with van der Waals surface area (Å²) in [6.45, 7) is 2.26. The monoisotopic (exact) mass is 273 g/mol. The SMILES string of the molecule is CN(C)CCN(C)C(CN)c1ccc(Cl)c(F)c1. The van der Waals surface area contributed by atoms with Crippen LogP contribution in [0.2, 0.25) is 5.02 Å². The van der Waals surface area contributed by atoms with Crippen LogP contribution in [0, 0.1) is 5.82 Å². The zero-order valence-electron chi connectivity index (χ0n) is 11.2. The third-order valence-electron chi connectivity index (χ3n) is 2.98. The molecule has 0 fully saturated rings. The van der Waals surface area contributed by atoms with Gasteiger partial charge in [-0.05, 0) is 38.8 Å². The van der Waals surface area contributed by atoms with Crippen LogP contribution >= 0.6 is 11.6 Å². The molecule has 0 saturated heterocycles. The van der Waals surface area contributed by atoms with Crippen molar-refractivity contribution in [2.75, 3.05) is 40.8 Å². The average molecular weight is 274 g/mol. The molecule has 102 valence electrons. The van der Waals surface area contributed by atoms with Crippen LogP contribution < -0.4 is 5.73 Å². The van der Waals surface area contributed by atoms with Crippen LogP contribution in [0.1, 0.15) is 11.6 Å². The van der Waals surface area contributed by atoms with Gasteiger partial charge in [0.2, 0.25) is 0 Å². The molecule has 0 aliphatic heterocycles. The summed E-state index contributed by atoms with van der Waals surface area (Å²) in [4.78, 5) is 4.23. The van der Waals surface area contributed by atoms with Gasteiger partial charge < -0.3 is 10.6 Å². The maximum absolute atomic E-state index is 13.5. The number of hydrogen-bond acceptors (Lipinski definition) is 3. The molecule has 0 aromatic heterocycles. The normalized spacial score (nSPS) is 13.3. The quantitative estimate of drug-likeness (QED) is 0.860. The van der Waals surface area contributed by atoms with Crippen molar-refractivity contribution in [3.63, 3.8) is 0 Å². The number of rotatable bonds is 6. The zero-order valence-corrected chi connectivity index (χ0v) is 11.9. The van der Waals surface area contributed by atoms with Crippen LogP contribution in [0.25, 0.3) is 0 Å². The highest BCUT2D eigenvalue weighted by Gasteiger charge is 2.16. The first-order valence-electron chi connectivity index (χ1n) is 5.95. The van der Waals surface area contributed by atoms with Crippen LogP contribution in [0.5, 0.6) is 0 Å². The molecular formula is C13H21ClFN3. The van der Waals surface area contributed by atoms with Crippen LogP contribution in [0.4, 0.5) is 4.39 Å².